The summed E-state index contributed by atoms with van der Waals surface area (Å²) in [6.45, 7) is 14.0. The van der Waals surface area contributed by atoms with E-state index in [0.29, 0.717) is 12.5 Å². The highest BCUT2D eigenvalue weighted by Crippen LogP contribution is 2.30. The maximum absolute atomic E-state index is 13.6. The quantitative estimate of drug-likeness (QED) is 0.284. The Labute approximate surface area is 238 Å². The molecule has 0 spiro atoms. The zero-order chi connectivity index (χ0) is 28.7. The lowest BCUT2D eigenvalue weighted by Crippen LogP contribution is -2.49. The van der Waals surface area contributed by atoms with Crippen molar-refractivity contribution in [2.75, 3.05) is 32.7 Å². The van der Waals surface area contributed by atoms with E-state index in [1.54, 1.807) is 0 Å². The van der Waals surface area contributed by atoms with Crippen LogP contribution in [0.3, 0.4) is 0 Å². The van der Waals surface area contributed by atoms with Gasteiger partial charge >= 0.3 is 0 Å². The van der Waals surface area contributed by atoms with E-state index in [1.807, 2.05) is 24.3 Å². The predicted molar refractivity (Wildman–Crippen MR) is 158 cm³/mol. The number of aldehydes is 1. The Hall–Kier alpha value is -2.93. The number of rotatable bonds is 11. The van der Waals surface area contributed by atoms with Crippen LogP contribution < -0.4 is 5.32 Å². The Morgan fingerprint density at radius 1 is 0.825 bits per heavy atom. The van der Waals surface area contributed by atoms with E-state index >= 15 is 0 Å². The molecule has 6 heteroatoms. The smallest absolute Gasteiger partial charge is 0.136 e. The number of piperazine rings is 1. The fourth-order valence-electron chi connectivity index (χ4n) is 5.62. The molecule has 1 heterocycles. The van der Waals surface area contributed by atoms with Crippen LogP contribution in [0.25, 0.3) is 0 Å². The minimum absolute atomic E-state index is 0.0538. The molecule has 3 aromatic rings. The second-order valence-corrected chi connectivity index (χ2v) is 12.3. The summed E-state index contributed by atoms with van der Waals surface area (Å²) in [5.41, 5.74) is 4.62. The molecule has 1 aliphatic rings. The zero-order valence-corrected chi connectivity index (χ0v) is 24.2. The van der Waals surface area contributed by atoms with Gasteiger partial charge in [-0.1, -0.05) is 76.2 Å². The van der Waals surface area contributed by atoms with E-state index in [9.17, 15) is 13.6 Å². The molecule has 40 heavy (non-hydrogen) atoms. The minimum atomic E-state index is -0.262. The first kappa shape index (κ1) is 30.0. The molecule has 0 amide bonds. The summed E-state index contributed by atoms with van der Waals surface area (Å²) >= 11 is 0. The highest BCUT2D eigenvalue weighted by atomic mass is 19.1. The number of hydrogen-bond acceptors (Lipinski definition) is 4. The highest BCUT2D eigenvalue weighted by Gasteiger charge is 2.27. The van der Waals surface area contributed by atoms with Crippen LogP contribution in [0.4, 0.5) is 8.78 Å². The third-order valence-electron chi connectivity index (χ3n) is 7.92. The van der Waals surface area contributed by atoms with Gasteiger partial charge in [-0.05, 0) is 64.3 Å². The zero-order valence-electron chi connectivity index (χ0n) is 24.2. The van der Waals surface area contributed by atoms with Crippen molar-refractivity contribution in [2.24, 2.45) is 5.92 Å². The first-order valence-electron chi connectivity index (χ1n) is 14.4. The Bertz CT molecular complexity index is 1150. The van der Waals surface area contributed by atoms with Crippen LogP contribution in [0.2, 0.25) is 0 Å². The van der Waals surface area contributed by atoms with Crippen LogP contribution in [0.15, 0.2) is 72.8 Å². The molecule has 0 saturated carbocycles. The maximum atomic E-state index is 13.6. The molecule has 2 atom stereocenters. The molecule has 0 radical (unpaired) electrons. The van der Waals surface area contributed by atoms with E-state index < -0.39 is 0 Å². The van der Waals surface area contributed by atoms with Crippen molar-refractivity contribution >= 4 is 6.29 Å². The van der Waals surface area contributed by atoms with Crippen molar-refractivity contribution in [1.29, 1.82) is 0 Å². The molecule has 214 valence electrons. The molecular weight excluding hydrogens is 504 g/mol. The Morgan fingerprint density at radius 2 is 1.35 bits per heavy atom. The van der Waals surface area contributed by atoms with E-state index in [4.69, 9.17) is 0 Å². The van der Waals surface area contributed by atoms with Gasteiger partial charge in [0.2, 0.25) is 0 Å². The number of halogens is 2. The van der Waals surface area contributed by atoms with Gasteiger partial charge in [0.15, 0.2) is 0 Å². The Morgan fingerprint density at radius 3 is 1.82 bits per heavy atom. The lowest BCUT2D eigenvalue weighted by atomic mass is 9.87. The van der Waals surface area contributed by atoms with E-state index in [2.05, 4.69) is 67.1 Å². The number of nitrogens with zero attached hydrogens (tertiary/aromatic N) is 2. The lowest BCUT2D eigenvalue weighted by Gasteiger charge is -2.40. The van der Waals surface area contributed by atoms with E-state index in [1.165, 1.54) is 35.4 Å². The van der Waals surface area contributed by atoms with Gasteiger partial charge in [0.25, 0.3) is 0 Å². The molecule has 0 bridgehead atoms. The van der Waals surface area contributed by atoms with Crippen LogP contribution in [0.1, 0.15) is 62.4 Å². The van der Waals surface area contributed by atoms with Crippen LogP contribution >= 0.6 is 0 Å². The van der Waals surface area contributed by atoms with Crippen molar-refractivity contribution in [3.8, 4) is 0 Å². The maximum Gasteiger partial charge on any atom is 0.136 e. The molecule has 0 aromatic heterocycles. The van der Waals surface area contributed by atoms with Gasteiger partial charge in [-0.15, -0.1) is 0 Å². The van der Waals surface area contributed by atoms with E-state index in [-0.39, 0.29) is 29.1 Å². The normalized spacial score (nSPS) is 16.7. The monoisotopic (exact) mass is 547 g/mol. The molecule has 1 aliphatic heterocycles. The van der Waals surface area contributed by atoms with Gasteiger partial charge in [-0.2, -0.15) is 0 Å². The van der Waals surface area contributed by atoms with Gasteiger partial charge in [-0.25, -0.2) is 8.78 Å². The molecule has 1 saturated heterocycles. The average Bonchev–Trinajstić information content (AvgIpc) is 2.94. The third kappa shape index (κ3) is 8.29. The average molecular weight is 548 g/mol. The molecule has 0 aliphatic carbocycles. The summed E-state index contributed by atoms with van der Waals surface area (Å²) in [4.78, 5) is 16.7. The summed E-state index contributed by atoms with van der Waals surface area (Å²) in [6.07, 6.45) is 1.82. The summed E-state index contributed by atoms with van der Waals surface area (Å²) in [5.74, 6) is -0.161. The van der Waals surface area contributed by atoms with Crippen molar-refractivity contribution < 1.29 is 13.6 Å². The number of hydrogen-bond donors (Lipinski definition) is 1. The molecular formula is C34H43F2N3O. The first-order chi connectivity index (χ1) is 19.1. The minimum Gasteiger partial charge on any atom is -0.304 e. The predicted octanol–water partition coefficient (Wildman–Crippen LogP) is 6.35. The van der Waals surface area contributed by atoms with Gasteiger partial charge < -0.3 is 15.0 Å². The SMILES string of the molecule is CC(CC(C=O)NCc1ccc(C(C)(C)C)cc1)CN1CCN(C(c2ccc(F)cc2)c2ccc(F)cc2)CC1. The van der Waals surface area contributed by atoms with Crippen LogP contribution in [-0.2, 0) is 16.8 Å². The summed E-state index contributed by atoms with van der Waals surface area (Å²) in [6, 6.07) is 21.6. The number of benzene rings is 3. The van der Waals surface area contributed by atoms with Crippen molar-refractivity contribution in [2.45, 2.75) is 58.2 Å². The second-order valence-electron chi connectivity index (χ2n) is 12.3. The number of carbonyl (C=O) groups excluding carboxylic acids is 1. The second kappa shape index (κ2) is 13.6. The lowest BCUT2D eigenvalue weighted by molar-refractivity contribution is -0.110. The number of nitrogens with one attached hydrogen (secondary N) is 1. The summed E-state index contributed by atoms with van der Waals surface area (Å²) < 4.78 is 27.3. The van der Waals surface area contributed by atoms with Gasteiger partial charge in [0, 0.05) is 39.3 Å². The standard InChI is InChI=1S/C34H43F2N3O/c1-25(21-32(24-40)37-22-26-5-11-29(12-6-26)34(2,3)4)23-38-17-19-39(20-18-38)33(27-7-13-30(35)14-8-27)28-9-15-31(36)16-10-28/h5-16,24-25,32-33,37H,17-23H2,1-4H3. The molecule has 1 fully saturated rings. The first-order valence-corrected chi connectivity index (χ1v) is 14.4. The van der Waals surface area contributed by atoms with Gasteiger partial charge in [0.1, 0.15) is 17.9 Å². The topological polar surface area (TPSA) is 35.6 Å². The Kier molecular flexibility index (Phi) is 10.2. The molecule has 3 aromatic carbocycles. The van der Waals surface area contributed by atoms with Crippen molar-refractivity contribution in [3.63, 3.8) is 0 Å². The molecule has 4 rings (SSSR count). The van der Waals surface area contributed by atoms with E-state index in [0.717, 1.165) is 56.6 Å². The van der Waals surface area contributed by atoms with Crippen molar-refractivity contribution in [3.05, 3.63) is 107 Å². The summed E-state index contributed by atoms with van der Waals surface area (Å²) in [5, 5.41) is 3.43. The Balaban J connectivity index is 1.29. The van der Waals surface area contributed by atoms with Crippen LogP contribution in [0, 0.1) is 17.6 Å². The molecule has 2 unspecified atom stereocenters. The molecule has 1 N–H and O–H groups in total. The summed E-state index contributed by atoms with van der Waals surface area (Å²) in [7, 11) is 0. The van der Waals surface area contributed by atoms with Crippen LogP contribution in [0.5, 0.6) is 0 Å². The largest absolute Gasteiger partial charge is 0.304 e. The third-order valence-corrected chi connectivity index (χ3v) is 7.92. The highest BCUT2D eigenvalue weighted by molar-refractivity contribution is 5.57. The fourth-order valence-corrected chi connectivity index (χ4v) is 5.62. The fraction of sp³-hybridized carbons (Fsp3) is 0.441. The van der Waals surface area contributed by atoms with Gasteiger partial charge in [0.05, 0.1) is 12.1 Å². The van der Waals surface area contributed by atoms with Gasteiger partial charge in [-0.3, -0.25) is 4.90 Å². The molecule has 4 nitrogen and oxygen atoms in total. The van der Waals surface area contributed by atoms with Crippen molar-refractivity contribution in [1.82, 2.24) is 15.1 Å². The van der Waals surface area contributed by atoms with Crippen LogP contribution in [-0.4, -0.2) is 54.9 Å². The number of carbonyl (C=O) groups is 1.